The topological polar surface area (TPSA) is 37.3 Å². The van der Waals surface area contributed by atoms with E-state index < -0.39 is 5.60 Å². The maximum Gasteiger partial charge on any atom is 0.123 e. The highest BCUT2D eigenvalue weighted by molar-refractivity contribution is 5.54. The summed E-state index contributed by atoms with van der Waals surface area (Å²) in [6.07, 6.45) is 10.8. The number of hydrogen-bond donors (Lipinski definition) is 1. The molecular formula is C13H20O2. The van der Waals surface area contributed by atoms with Crippen LogP contribution < -0.4 is 0 Å². The lowest BCUT2D eigenvalue weighted by atomic mass is 9.89. The second-order valence-electron chi connectivity index (χ2n) is 4.79. The molecule has 0 aliphatic heterocycles. The van der Waals surface area contributed by atoms with Crippen LogP contribution in [-0.2, 0) is 4.79 Å². The first-order valence-electron chi connectivity index (χ1n) is 5.54. The Labute approximate surface area is 91.7 Å². The molecule has 2 nitrogen and oxygen atoms in total. The van der Waals surface area contributed by atoms with Crippen LogP contribution in [0.4, 0.5) is 0 Å². The fourth-order valence-corrected chi connectivity index (χ4v) is 1.72. The lowest BCUT2D eigenvalue weighted by Crippen LogP contribution is -2.13. The molecule has 0 aromatic rings. The van der Waals surface area contributed by atoms with Crippen LogP contribution in [0.15, 0.2) is 23.8 Å². The molecule has 1 aliphatic rings. The van der Waals surface area contributed by atoms with Crippen LogP contribution in [0.1, 0.15) is 39.5 Å². The van der Waals surface area contributed by atoms with Crippen LogP contribution in [0.5, 0.6) is 0 Å². The number of aliphatic hydroxyl groups is 1. The first-order chi connectivity index (χ1) is 7.01. The Kier molecular flexibility index (Phi) is 4.28. The highest BCUT2D eigenvalue weighted by Gasteiger charge is 2.12. The summed E-state index contributed by atoms with van der Waals surface area (Å²) in [4.78, 5) is 10.5. The maximum absolute atomic E-state index is 10.5. The van der Waals surface area contributed by atoms with Gasteiger partial charge < -0.3 is 9.90 Å². The SMILES string of the molecule is CC(C)(O)C=CCC1=CCC(C=O)CC1. The molecular weight excluding hydrogens is 188 g/mol. The van der Waals surface area contributed by atoms with E-state index >= 15 is 0 Å². The van der Waals surface area contributed by atoms with Gasteiger partial charge in [-0.25, -0.2) is 0 Å². The Morgan fingerprint density at radius 3 is 2.80 bits per heavy atom. The summed E-state index contributed by atoms with van der Waals surface area (Å²) in [6.45, 7) is 3.53. The van der Waals surface area contributed by atoms with E-state index in [1.54, 1.807) is 13.8 Å². The van der Waals surface area contributed by atoms with Crippen molar-refractivity contribution in [3.63, 3.8) is 0 Å². The predicted molar refractivity (Wildman–Crippen MR) is 61.5 cm³/mol. The fraction of sp³-hybridized carbons (Fsp3) is 0.615. The zero-order valence-corrected chi connectivity index (χ0v) is 9.57. The van der Waals surface area contributed by atoms with E-state index in [1.165, 1.54) is 5.57 Å². The quantitative estimate of drug-likeness (QED) is 0.569. The van der Waals surface area contributed by atoms with Crippen LogP contribution in [0, 0.1) is 5.92 Å². The first kappa shape index (κ1) is 12.2. The van der Waals surface area contributed by atoms with Crippen LogP contribution in [0.3, 0.4) is 0 Å². The lowest BCUT2D eigenvalue weighted by Gasteiger charge is -2.16. The lowest BCUT2D eigenvalue weighted by molar-refractivity contribution is -0.111. The number of aldehydes is 1. The minimum absolute atomic E-state index is 0.229. The highest BCUT2D eigenvalue weighted by Crippen LogP contribution is 2.24. The van der Waals surface area contributed by atoms with Gasteiger partial charge in [0.1, 0.15) is 6.29 Å². The Bertz CT molecular complexity index is 269. The van der Waals surface area contributed by atoms with Gasteiger partial charge in [0, 0.05) is 5.92 Å². The average Bonchev–Trinajstić information content (AvgIpc) is 2.17. The zero-order chi connectivity index (χ0) is 11.3. The molecule has 1 rings (SSSR count). The van der Waals surface area contributed by atoms with E-state index in [0.717, 1.165) is 32.0 Å². The normalized spacial score (nSPS) is 22.9. The van der Waals surface area contributed by atoms with E-state index in [4.69, 9.17) is 0 Å². The van der Waals surface area contributed by atoms with Crippen LogP contribution in [0.25, 0.3) is 0 Å². The van der Waals surface area contributed by atoms with Gasteiger partial charge in [0.15, 0.2) is 0 Å². The minimum Gasteiger partial charge on any atom is -0.386 e. The molecule has 2 heteroatoms. The van der Waals surface area contributed by atoms with Crippen molar-refractivity contribution in [2.75, 3.05) is 0 Å². The summed E-state index contributed by atoms with van der Waals surface area (Å²) in [6, 6.07) is 0. The van der Waals surface area contributed by atoms with E-state index in [-0.39, 0.29) is 5.92 Å². The second-order valence-corrected chi connectivity index (χ2v) is 4.79. The number of carbonyl (C=O) groups is 1. The van der Waals surface area contributed by atoms with Gasteiger partial charge in [-0.15, -0.1) is 0 Å². The van der Waals surface area contributed by atoms with Crippen molar-refractivity contribution in [3.8, 4) is 0 Å². The third kappa shape index (κ3) is 4.93. The van der Waals surface area contributed by atoms with E-state index in [0.29, 0.717) is 0 Å². The summed E-state index contributed by atoms with van der Waals surface area (Å²) < 4.78 is 0. The van der Waals surface area contributed by atoms with Crippen molar-refractivity contribution in [3.05, 3.63) is 23.8 Å². The molecule has 84 valence electrons. The predicted octanol–water partition coefficient (Wildman–Crippen LogP) is 2.63. The van der Waals surface area contributed by atoms with Gasteiger partial charge in [-0.1, -0.05) is 23.8 Å². The van der Waals surface area contributed by atoms with Crippen molar-refractivity contribution in [2.24, 2.45) is 5.92 Å². The Morgan fingerprint density at radius 2 is 2.33 bits per heavy atom. The van der Waals surface area contributed by atoms with Gasteiger partial charge in [0.25, 0.3) is 0 Å². The standard InChI is InChI=1S/C13H20O2/c1-13(2,15)9-3-4-11-5-7-12(10-14)8-6-11/h3,5,9-10,12,15H,4,6-8H2,1-2H3. The molecule has 0 saturated heterocycles. The molecule has 1 atom stereocenters. The van der Waals surface area contributed by atoms with Crippen LogP contribution in [-0.4, -0.2) is 17.0 Å². The summed E-state index contributed by atoms with van der Waals surface area (Å²) in [7, 11) is 0. The van der Waals surface area contributed by atoms with Gasteiger partial charge in [0.05, 0.1) is 5.60 Å². The van der Waals surface area contributed by atoms with Gasteiger partial charge >= 0.3 is 0 Å². The van der Waals surface area contributed by atoms with E-state index in [2.05, 4.69) is 6.08 Å². The Hall–Kier alpha value is -0.890. The molecule has 0 heterocycles. The molecule has 1 N–H and O–H groups in total. The number of rotatable bonds is 4. The molecule has 0 spiro atoms. The van der Waals surface area contributed by atoms with E-state index in [1.807, 2.05) is 12.2 Å². The van der Waals surface area contributed by atoms with Gasteiger partial charge in [-0.05, 0) is 39.5 Å². The van der Waals surface area contributed by atoms with Crippen molar-refractivity contribution in [1.29, 1.82) is 0 Å². The second kappa shape index (κ2) is 5.26. The third-order valence-corrected chi connectivity index (χ3v) is 2.64. The maximum atomic E-state index is 10.5. The molecule has 0 fully saturated rings. The van der Waals surface area contributed by atoms with E-state index in [9.17, 15) is 9.90 Å². The number of carbonyl (C=O) groups excluding carboxylic acids is 1. The Balaban J connectivity index is 2.38. The minimum atomic E-state index is -0.722. The summed E-state index contributed by atoms with van der Waals surface area (Å²) >= 11 is 0. The summed E-state index contributed by atoms with van der Waals surface area (Å²) in [5.41, 5.74) is 0.661. The summed E-state index contributed by atoms with van der Waals surface area (Å²) in [5.74, 6) is 0.229. The molecule has 0 bridgehead atoms. The monoisotopic (exact) mass is 208 g/mol. The van der Waals surface area contributed by atoms with Gasteiger partial charge in [-0.2, -0.15) is 0 Å². The smallest absolute Gasteiger partial charge is 0.123 e. The largest absolute Gasteiger partial charge is 0.386 e. The van der Waals surface area contributed by atoms with Crippen molar-refractivity contribution >= 4 is 6.29 Å². The molecule has 1 aliphatic carbocycles. The molecule has 0 aromatic heterocycles. The highest BCUT2D eigenvalue weighted by atomic mass is 16.3. The average molecular weight is 208 g/mol. The molecule has 0 amide bonds. The van der Waals surface area contributed by atoms with Crippen molar-refractivity contribution in [1.82, 2.24) is 0 Å². The molecule has 0 aromatic carbocycles. The number of hydrogen-bond acceptors (Lipinski definition) is 2. The Morgan fingerprint density at radius 1 is 1.60 bits per heavy atom. The first-order valence-corrected chi connectivity index (χ1v) is 5.54. The molecule has 0 radical (unpaired) electrons. The molecule has 15 heavy (non-hydrogen) atoms. The van der Waals surface area contributed by atoms with Crippen molar-refractivity contribution < 1.29 is 9.90 Å². The molecule has 1 unspecified atom stereocenters. The van der Waals surface area contributed by atoms with Gasteiger partial charge in [0.2, 0.25) is 0 Å². The van der Waals surface area contributed by atoms with Crippen LogP contribution in [0.2, 0.25) is 0 Å². The zero-order valence-electron chi connectivity index (χ0n) is 9.57. The van der Waals surface area contributed by atoms with Crippen LogP contribution >= 0.6 is 0 Å². The number of allylic oxidation sites excluding steroid dienone is 3. The third-order valence-electron chi connectivity index (χ3n) is 2.64. The fourth-order valence-electron chi connectivity index (χ4n) is 1.72. The van der Waals surface area contributed by atoms with Crippen molar-refractivity contribution in [2.45, 2.75) is 45.1 Å². The van der Waals surface area contributed by atoms with Gasteiger partial charge in [-0.3, -0.25) is 0 Å². The molecule has 0 saturated carbocycles. The summed E-state index contributed by atoms with van der Waals surface area (Å²) in [5, 5.41) is 9.47.